The SMILES string of the molecule is Cc1ccc2c(N)c(C(=O)N[C@@H]3CCc4c(F)c(N5CC6CNCC(C5)O6)cc(F)c4C3)sc2n1. The molecule has 0 saturated carbocycles. The Labute approximate surface area is 205 Å². The maximum absolute atomic E-state index is 15.6. The summed E-state index contributed by atoms with van der Waals surface area (Å²) in [6.07, 6.45) is 1.07. The van der Waals surface area contributed by atoms with Crippen LogP contribution in [0.1, 0.15) is 32.9 Å². The molecule has 2 bridgehead atoms. The Morgan fingerprint density at radius 1 is 1.26 bits per heavy atom. The summed E-state index contributed by atoms with van der Waals surface area (Å²) in [7, 11) is 0. The first-order chi connectivity index (χ1) is 16.9. The third-order valence-electron chi connectivity index (χ3n) is 7.19. The molecule has 2 aromatic heterocycles. The number of amides is 1. The highest BCUT2D eigenvalue weighted by molar-refractivity contribution is 7.21. The number of hydrogen-bond acceptors (Lipinski definition) is 7. The molecule has 184 valence electrons. The van der Waals surface area contributed by atoms with Crippen LogP contribution in [0.15, 0.2) is 18.2 Å². The molecule has 2 saturated heterocycles. The summed E-state index contributed by atoms with van der Waals surface area (Å²) in [5, 5.41) is 7.05. The van der Waals surface area contributed by atoms with Crippen LogP contribution >= 0.6 is 11.3 Å². The monoisotopic (exact) mass is 499 g/mol. The summed E-state index contributed by atoms with van der Waals surface area (Å²) in [6.45, 7) is 4.37. The lowest BCUT2D eigenvalue weighted by Gasteiger charge is -2.43. The number of morpholine rings is 2. The maximum Gasteiger partial charge on any atom is 0.263 e. The molecule has 6 rings (SSSR count). The van der Waals surface area contributed by atoms with Crippen molar-refractivity contribution in [2.24, 2.45) is 0 Å². The number of nitrogens with zero attached hydrogens (tertiary/aromatic N) is 2. The molecule has 1 aliphatic carbocycles. The van der Waals surface area contributed by atoms with E-state index in [1.54, 1.807) is 0 Å². The number of hydrogen-bond donors (Lipinski definition) is 3. The van der Waals surface area contributed by atoms with Crippen LogP contribution in [0.4, 0.5) is 20.2 Å². The molecule has 2 aliphatic heterocycles. The van der Waals surface area contributed by atoms with Crippen molar-refractivity contribution < 1.29 is 18.3 Å². The number of thiophene rings is 1. The Morgan fingerprint density at radius 2 is 2.03 bits per heavy atom. The lowest BCUT2D eigenvalue weighted by molar-refractivity contribution is -0.0485. The average Bonchev–Trinajstić information content (AvgIpc) is 3.16. The first kappa shape index (κ1) is 22.6. The number of benzene rings is 1. The number of carbonyl (C=O) groups excluding carboxylic acids is 1. The summed E-state index contributed by atoms with van der Waals surface area (Å²) in [5.74, 6) is -1.08. The molecule has 7 nitrogen and oxygen atoms in total. The molecule has 3 aromatic rings. The van der Waals surface area contributed by atoms with Gasteiger partial charge < -0.3 is 26.0 Å². The Kier molecular flexibility index (Phi) is 5.62. The fourth-order valence-electron chi connectivity index (χ4n) is 5.46. The number of rotatable bonds is 3. The molecule has 3 atom stereocenters. The largest absolute Gasteiger partial charge is 0.397 e. The Morgan fingerprint density at radius 3 is 2.80 bits per heavy atom. The zero-order chi connectivity index (χ0) is 24.3. The van der Waals surface area contributed by atoms with E-state index in [-0.39, 0.29) is 36.4 Å². The van der Waals surface area contributed by atoms with Gasteiger partial charge in [-0.25, -0.2) is 13.8 Å². The lowest BCUT2D eigenvalue weighted by Crippen LogP contribution is -2.58. The highest BCUT2D eigenvalue weighted by Crippen LogP contribution is 2.36. The minimum Gasteiger partial charge on any atom is -0.397 e. The number of halogens is 2. The van der Waals surface area contributed by atoms with Gasteiger partial charge in [-0.2, -0.15) is 0 Å². The number of ether oxygens (including phenoxy) is 1. The molecule has 4 heterocycles. The Balaban J connectivity index is 1.21. The number of nitrogen functional groups attached to an aromatic ring is 1. The van der Waals surface area contributed by atoms with Gasteiger partial charge in [0.05, 0.1) is 23.6 Å². The molecule has 35 heavy (non-hydrogen) atoms. The molecule has 2 unspecified atom stereocenters. The van der Waals surface area contributed by atoms with E-state index >= 15 is 8.78 Å². The average molecular weight is 500 g/mol. The topological polar surface area (TPSA) is 92.5 Å². The van der Waals surface area contributed by atoms with Gasteiger partial charge in [-0.05, 0) is 49.4 Å². The molecule has 3 aliphatic rings. The van der Waals surface area contributed by atoms with Crippen molar-refractivity contribution in [3.8, 4) is 0 Å². The van der Waals surface area contributed by atoms with Gasteiger partial charge >= 0.3 is 0 Å². The number of pyridine rings is 1. The van der Waals surface area contributed by atoms with E-state index in [4.69, 9.17) is 10.5 Å². The van der Waals surface area contributed by atoms with Crippen molar-refractivity contribution in [2.75, 3.05) is 36.8 Å². The van der Waals surface area contributed by atoms with E-state index < -0.39 is 5.82 Å². The van der Waals surface area contributed by atoms with Gasteiger partial charge in [-0.15, -0.1) is 11.3 Å². The van der Waals surface area contributed by atoms with Crippen molar-refractivity contribution in [1.82, 2.24) is 15.6 Å². The van der Waals surface area contributed by atoms with Crippen LogP contribution in [-0.4, -0.2) is 55.3 Å². The molecular formula is C25H27F2N5O2S. The molecule has 1 amide bonds. The summed E-state index contributed by atoms with van der Waals surface area (Å²) in [5.41, 5.74) is 8.55. The smallest absolute Gasteiger partial charge is 0.263 e. The molecule has 0 radical (unpaired) electrons. The molecule has 0 spiro atoms. The quantitative estimate of drug-likeness (QED) is 0.513. The van der Waals surface area contributed by atoms with Gasteiger partial charge in [-0.3, -0.25) is 4.79 Å². The van der Waals surface area contributed by atoms with E-state index in [0.717, 1.165) is 11.1 Å². The van der Waals surface area contributed by atoms with Gasteiger partial charge in [0, 0.05) is 49.4 Å². The van der Waals surface area contributed by atoms with Crippen molar-refractivity contribution in [3.05, 3.63) is 51.5 Å². The lowest BCUT2D eigenvalue weighted by atomic mass is 9.86. The first-order valence-electron chi connectivity index (χ1n) is 11.9. The summed E-state index contributed by atoms with van der Waals surface area (Å²) in [4.78, 5) is 20.5. The van der Waals surface area contributed by atoms with Crippen LogP contribution in [0.3, 0.4) is 0 Å². The molecule has 10 heteroatoms. The number of nitrogens with two attached hydrogens (primary N) is 1. The van der Waals surface area contributed by atoms with Crippen molar-refractivity contribution in [2.45, 2.75) is 44.4 Å². The van der Waals surface area contributed by atoms with Crippen LogP contribution < -0.4 is 21.3 Å². The first-order valence-corrected chi connectivity index (χ1v) is 12.8. The molecule has 4 N–H and O–H groups in total. The number of nitrogens with one attached hydrogen (secondary N) is 2. The third kappa shape index (κ3) is 4.03. The third-order valence-corrected chi connectivity index (χ3v) is 8.31. The van der Waals surface area contributed by atoms with Crippen LogP contribution in [0.2, 0.25) is 0 Å². The standard InChI is InChI=1S/C25H27F2N5O2S/c1-12-2-4-17-22(28)23(35-25(17)30-12)24(33)31-13-3-5-16-18(6-13)19(26)7-20(21(16)27)32-10-14-8-29-9-15(11-32)34-14/h2,4,7,13-15,29H,3,5-6,8-11,28H2,1H3,(H,31,33)/t13-,14?,15?/m1/s1. The zero-order valence-corrected chi connectivity index (χ0v) is 20.2. The molecule has 2 fully saturated rings. The zero-order valence-electron chi connectivity index (χ0n) is 19.4. The van der Waals surface area contributed by atoms with Crippen LogP contribution in [0.25, 0.3) is 10.2 Å². The second kappa shape index (κ2) is 8.69. The second-order valence-electron chi connectivity index (χ2n) is 9.66. The predicted molar refractivity (Wildman–Crippen MR) is 132 cm³/mol. The predicted octanol–water partition coefficient (Wildman–Crippen LogP) is 2.93. The normalized spacial score (nSPS) is 23.9. The van der Waals surface area contributed by atoms with E-state index in [1.165, 1.54) is 17.4 Å². The molecule has 1 aromatic carbocycles. The van der Waals surface area contributed by atoms with Gasteiger partial charge in [-0.1, -0.05) is 0 Å². The minimum absolute atomic E-state index is 0.0268. The van der Waals surface area contributed by atoms with E-state index in [9.17, 15) is 4.79 Å². The fraction of sp³-hybridized carbons (Fsp3) is 0.440. The van der Waals surface area contributed by atoms with Crippen LogP contribution in [0.5, 0.6) is 0 Å². The van der Waals surface area contributed by atoms with Gasteiger partial charge in [0.2, 0.25) is 0 Å². The van der Waals surface area contributed by atoms with Crippen LogP contribution in [0, 0.1) is 18.6 Å². The van der Waals surface area contributed by atoms with Crippen molar-refractivity contribution in [1.29, 1.82) is 0 Å². The summed E-state index contributed by atoms with van der Waals surface area (Å²) in [6, 6.07) is 4.73. The highest BCUT2D eigenvalue weighted by Gasteiger charge is 2.35. The van der Waals surface area contributed by atoms with E-state index in [2.05, 4.69) is 15.6 Å². The van der Waals surface area contributed by atoms with E-state index in [1.807, 2.05) is 24.0 Å². The minimum atomic E-state index is -0.425. The fourth-order valence-corrected chi connectivity index (χ4v) is 6.51. The number of carbonyl (C=O) groups is 1. The second-order valence-corrected chi connectivity index (χ2v) is 10.7. The van der Waals surface area contributed by atoms with Gasteiger partial charge in [0.15, 0.2) is 0 Å². The number of anilines is 2. The number of fused-ring (bicyclic) bond motifs is 4. The highest BCUT2D eigenvalue weighted by atomic mass is 32.1. The van der Waals surface area contributed by atoms with Gasteiger partial charge in [0.25, 0.3) is 5.91 Å². The Bertz CT molecular complexity index is 1320. The summed E-state index contributed by atoms with van der Waals surface area (Å²) < 4.78 is 36.7. The maximum atomic E-state index is 15.6. The van der Waals surface area contributed by atoms with E-state index in [0.29, 0.717) is 71.2 Å². The Hall–Kier alpha value is -2.82. The number of aromatic nitrogens is 1. The van der Waals surface area contributed by atoms with Crippen molar-refractivity contribution >= 4 is 38.8 Å². The van der Waals surface area contributed by atoms with Gasteiger partial charge in [0.1, 0.15) is 21.3 Å². The molecular weight excluding hydrogens is 472 g/mol. The number of aryl methyl sites for hydroxylation is 1. The summed E-state index contributed by atoms with van der Waals surface area (Å²) >= 11 is 1.25. The van der Waals surface area contributed by atoms with Crippen molar-refractivity contribution in [3.63, 3.8) is 0 Å². The van der Waals surface area contributed by atoms with Crippen LogP contribution in [-0.2, 0) is 17.6 Å².